The number of amides is 1. The highest BCUT2D eigenvalue weighted by molar-refractivity contribution is 6.39. The van der Waals surface area contributed by atoms with Crippen LogP contribution in [0.2, 0.25) is 10.0 Å². The number of likely N-dealkylation sites (N-methyl/N-ethyl adjacent to an activating group) is 1. The molecule has 0 saturated heterocycles. The van der Waals surface area contributed by atoms with E-state index >= 15 is 0 Å². The molecule has 35 heavy (non-hydrogen) atoms. The summed E-state index contributed by atoms with van der Waals surface area (Å²) >= 11 is 12.0. The number of nitrogens with one attached hydrogen (secondary N) is 2. The number of pyridine rings is 1. The largest absolute Gasteiger partial charge is 0.490 e. The van der Waals surface area contributed by atoms with E-state index in [1.165, 1.54) is 30.6 Å². The molecule has 0 fully saturated rings. The van der Waals surface area contributed by atoms with Gasteiger partial charge in [-0.15, -0.1) is 0 Å². The number of carbonyl (C=O) groups is 2. The van der Waals surface area contributed by atoms with E-state index in [4.69, 9.17) is 32.7 Å². The van der Waals surface area contributed by atoms with Crippen LogP contribution < -0.4 is 20.1 Å². The number of halogens is 4. The van der Waals surface area contributed by atoms with E-state index in [1.807, 2.05) is 19.0 Å². The van der Waals surface area contributed by atoms with Crippen LogP contribution in [-0.4, -0.2) is 75.3 Å². The normalized spacial score (nSPS) is 11.0. The van der Waals surface area contributed by atoms with Crippen LogP contribution in [0.25, 0.3) is 0 Å². The van der Waals surface area contributed by atoms with Gasteiger partial charge >= 0.3 is 12.6 Å². The topological polar surface area (TPSA) is 102 Å². The van der Waals surface area contributed by atoms with Crippen LogP contribution >= 0.6 is 23.2 Å². The second-order valence-corrected chi connectivity index (χ2v) is 8.19. The second kappa shape index (κ2) is 14.6. The summed E-state index contributed by atoms with van der Waals surface area (Å²) in [7, 11) is 3.75. The van der Waals surface area contributed by atoms with Crippen molar-refractivity contribution >= 4 is 40.8 Å². The van der Waals surface area contributed by atoms with Crippen molar-refractivity contribution in [3.63, 3.8) is 0 Å². The average Bonchev–Trinajstić information content (AvgIpc) is 2.78. The molecule has 13 heteroatoms. The van der Waals surface area contributed by atoms with E-state index < -0.39 is 12.5 Å². The highest BCUT2D eigenvalue weighted by Crippen LogP contribution is 2.32. The van der Waals surface area contributed by atoms with Crippen molar-refractivity contribution in [3.05, 3.63) is 46.2 Å². The Hall–Kier alpha value is -2.73. The van der Waals surface area contributed by atoms with Gasteiger partial charge in [0.05, 0.1) is 28.9 Å². The smallest absolute Gasteiger partial charge is 0.387 e. The molecule has 1 heterocycles. The first-order chi connectivity index (χ1) is 16.7. The molecule has 0 aliphatic carbocycles. The molecular weight excluding hydrogens is 509 g/mol. The van der Waals surface area contributed by atoms with Crippen molar-refractivity contribution in [2.75, 3.05) is 52.3 Å². The fourth-order valence-corrected chi connectivity index (χ4v) is 3.09. The molecule has 192 valence electrons. The van der Waals surface area contributed by atoms with Gasteiger partial charge in [0.15, 0.2) is 11.5 Å². The number of esters is 1. The Bertz CT molecular complexity index is 978. The van der Waals surface area contributed by atoms with Gasteiger partial charge in [-0.25, -0.2) is 0 Å². The first-order valence-electron chi connectivity index (χ1n) is 10.5. The maximum Gasteiger partial charge on any atom is 0.387 e. The number of nitrogens with zero attached hydrogens (tertiary/aromatic N) is 2. The summed E-state index contributed by atoms with van der Waals surface area (Å²) in [5, 5.41) is 5.73. The Labute approximate surface area is 211 Å². The maximum absolute atomic E-state index is 12.8. The molecule has 0 aliphatic rings. The predicted octanol–water partition coefficient (Wildman–Crippen LogP) is 3.71. The first-order valence-corrected chi connectivity index (χ1v) is 11.3. The predicted molar refractivity (Wildman–Crippen MR) is 128 cm³/mol. The van der Waals surface area contributed by atoms with Crippen LogP contribution in [0.5, 0.6) is 11.5 Å². The summed E-state index contributed by atoms with van der Waals surface area (Å²) in [6, 6.07) is 3.77. The lowest BCUT2D eigenvalue weighted by Gasteiger charge is -2.14. The van der Waals surface area contributed by atoms with Crippen molar-refractivity contribution in [1.82, 2.24) is 15.2 Å². The molecule has 1 amide bonds. The number of alkyl halides is 2. The van der Waals surface area contributed by atoms with Crippen LogP contribution in [0, 0.1) is 0 Å². The lowest BCUT2D eigenvalue weighted by atomic mass is 10.2. The molecule has 1 aromatic heterocycles. The lowest BCUT2D eigenvalue weighted by molar-refractivity contribution is -0.142. The fraction of sp³-hybridized carbons (Fsp3) is 0.409. The molecule has 2 rings (SSSR count). The number of hydrogen-bond donors (Lipinski definition) is 2. The average molecular weight is 535 g/mol. The zero-order valence-electron chi connectivity index (χ0n) is 19.2. The van der Waals surface area contributed by atoms with Crippen LogP contribution in [0.15, 0.2) is 30.6 Å². The van der Waals surface area contributed by atoms with E-state index in [0.717, 1.165) is 0 Å². The SMILES string of the molecule is CN(C)CCOC(=O)CNCCCOc1cc(C(=O)Nc2c(Cl)cncc2Cl)ccc1OC(F)F. The zero-order chi connectivity index (χ0) is 25.8. The Balaban J connectivity index is 1.91. The van der Waals surface area contributed by atoms with Gasteiger partial charge in [0, 0.05) is 24.5 Å². The molecule has 1 aromatic carbocycles. The Morgan fingerprint density at radius 1 is 1.11 bits per heavy atom. The number of benzene rings is 1. The van der Waals surface area contributed by atoms with E-state index in [2.05, 4.69) is 20.4 Å². The van der Waals surface area contributed by atoms with Crippen LogP contribution in [0.4, 0.5) is 14.5 Å². The number of ether oxygens (including phenoxy) is 3. The molecule has 0 aliphatic heterocycles. The monoisotopic (exact) mass is 534 g/mol. The third kappa shape index (κ3) is 10.2. The summed E-state index contributed by atoms with van der Waals surface area (Å²) in [4.78, 5) is 30.0. The molecule has 9 nitrogen and oxygen atoms in total. The lowest BCUT2D eigenvalue weighted by Crippen LogP contribution is -2.28. The minimum Gasteiger partial charge on any atom is -0.490 e. The Kier molecular flexibility index (Phi) is 11.9. The Morgan fingerprint density at radius 3 is 2.49 bits per heavy atom. The van der Waals surface area contributed by atoms with Gasteiger partial charge < -0.3 is 29.7 Å². The van der Waals surface area contributed by atoms with Crippen molar-refractivity contribution in [2.24, 2.45) is 0 Å². The summed E-state index contributed by atoms with van der Waals surface area (Å²) in [5.41, 5.74) is 0.263. The number of hydrogen-bond acceptors (Lipinski definition) is 8. The second-order valence-electron chi connectivity index (χ2n) is 7.37. The zero-order valence-corrected chi connectivity index (χ0v) is 20.7. The van der Waals surface area contributed by atoms with Crippen molar-refractivity contribution in [3.8, 4) is 11.5 Å². The highest BCUT2D eigenvalue weighted by atomic mass is 35.5. The van der Waals surface area contributed by atoms with Gasteiger partial charge in [0.1, 0.15) is 6.61 Å². The summed E-state index contributed by atoms with van der Waals surface area (Å²) in [5.74, 6) is -1.25. The van der Waals surface area contributed by atoms with E-state index in [0.29, 0.717) is 26.1 Å². The van der Waals surface area contributed by atoms with Gasteiger partial charge in [-0.05, 0) is 45.3 Å². The molecular formula is C22H26Cl2F2N4O5. The summed E-state index contributed by atoms with van der Waals surface area (Å²) < 4.78 is 40.7. The van der Waals surface area contributed by atoms with Crippen LogP contribution in [-0.2, 0) is 9.53 Å². The highest BCUT2D eigenvalue weighted by Gasteiger charge is 2.17. The number of anilines is 1. The minimum absolute atomic E-state index is 0.0307. The van der Waals surface area contributed by atoms with E-state index in [-0.39, 0.29) is 51.9 Å². The molecule has 0 saturated carbocycles. The molecule has 2 aromatic rings. The Morgan fingerprint density at radius 2 is 1.83 bits per heavy atom. The fourth-order valence-electron chi connectivity index (χ4n) is 2.63. The van der Waals surface area contributed by atoms with Crippen molar-refractivity contribution < 1.29 is 32.6 Å². The summed E-state index contributed by atoms with van der Waals surface area (Å²) in [6.45, 7) is -1.60. The van der Waals surface area contributed by atoms with Gasteiger partial charge in [0.2, 0.25) is 0 Å². The van der Waals surface area contributed by atoms with Gasteiger partial charge in [-0.3, -0.25) is 14.6 Å². The third-order valence-electron chi connectivity index (χ3n) is 4.34. The number of aromatic nitrogens is 1. The van der Waals surface area contributed by atoms with Crippen LogP contribution in [0.1, 0.15) is 16.8 Å². The first kappa shape index (κ1) is 28.5. The standard InChI is InChI=1S/C22H26Cl2F2N4O5/c1-30(2)7-9-34-19(31)13-27-6-3-8-33-18-10-14(4-5-17(18)35-22(25)26)21(32)29-20-15(23)11-28-12-16(20)24/h4-5,10-12,22,27H,3,6-9,13H2,1-2H3,(H,28,29,32). The van der Waals surface area contributed by atoms with Gasteiger partial charge in [0.25, 0.3) is 5.91 Å². The molecule has 0 atom stereocenters. The number of rotatable bonds is 14. The molecule has 0 spiro atoms. The van der Waals surface area contributed by atoms with Crippen molar-refractivity contribution in [1.29, 1.82) is 0 Å². The molecule has 0 radical (unpaired) electrons. The van der Waals surface area contributed by atoms with Gasteiger partial charge in [-0.2, -0.15) is 8.78 Å². The van der Waals surface area contributed by atoms with Gasteiger partial charge in [-0.1, -0.05) is 23.2 Å². The van der Waals surface area contributed by atoms with Crippen molar-refractivity contribution in [2.45, 2.75) is 13.0 Å². The maximum atomic E-state index is 12.8. The third-order valence-corrected chi connectivity index (χ3v) is 4.91. The number of carbonyl (C=O) groups excluding carboxylic acids is 2. The quantitative estimate of drug-likeness (QED) is 0.279. The van der Waals surface area contributed by atoms with E-state index in [9.17, 15) is 18.4 Å². The van der Waals surface area contributed by atoms with Crippen LogP contribution in [0.3, 0.4) is 0 Å². The minimum atomic E-state index is -3.08. The molecule has 0 bridgehead atoms. The van der Waals surface area contributed by atoms with E-state index in [1.54, 1.807) is 0 Å². The molecule has 2 N–H and O–H groups in total. The molecule has 0 unspecified atom stereocenters. The summed E-state index contributed by atoms with van der Waals surface area (Å²) in [6.07, 6.45) is 3.07.